The molecule has 29 heavy (non-hydrogen) atoms. The Morgan fingerprint density at radius 1 is 1.14 bits per heavy atom. The van der Waals surface area contributed by atoms with Crippen LogP contribution in [-0.4, -0.2) is 26.3 Å². The Balaban J connectivity index is 2.35. The first-order chi connectivity index (χ1) is 13.6. The van der Waals surface area contributed by atoms with Gasteiger partial charge in [0.25, 0.3) is 0 Å². The first-order valence-corrected chi connectivity index (χ1v) is 10.8. The van der Waals surface area contributed by atoms with E-state index in [9.17, 15) is 4.79 Å². The third-order valence-electron chi connectivity index (χ3n) is 6.26. The van der Waals surface area contributed by atoms with Crippen LogP contribution < -0.4 is 0 Å². The van der Waals surface area contributed by atoms with Gasteiger partial charge < -0.3 is 9.47 Å². The molecule has 1 aliphatic carbocycles. The molecule has 1 fully saturated rings. The highest BCUT2D eigenvalue weighted by molar-refractivity contribution is 5.83. The Morgan fingerprint density at radius 3 is 2.21 bits per heavy atom. The molecule has 0 bridgehead atoms. The number of hydrogen-bond acceptors (Lipinski definition) is 3. The lowest BCUT2D eigenvalue weighted by atomic mass is 9.86. The predicted octanol–water partition coefficient (Wildman–Crippen LogP) is 6.15. The van der Waals surface area contributed by atoms with Crippen LogP contribution in [-0.2, 0) is 19.7 Å². The zero-order valence-corrected chi connectivity index (χ0v) is 19.4. The highest BCUT2D eigenvalue weighted by atomic mass is 16.5. The molecule has 0 amide bonds. The zero-order chi connectivity index (χ0) is 21.8. The maximum Gasteiger partial charge on any atom is 0.330 e. The Kier molecular flexibility index (Phi) is 7.87. The van der Waals surface area contributed by atoms with Gasteiger partial charge in [0.05, 0.1) is 13.2 Å². The second-order valence-corrected chi connectivity index (χ2v) is 9.07. The van der Waals surface area contributed by atoms with Gasteiger partial charge in [-0.3, -0.25) is 0 Å². The number of rotatable bonds is 9. The second kappa shape index (κ2) is 9.75. The molecule has 2 rings (SSSR count). The van der Waals surface area contributed by atoms with Gasteiger partial charge in [0.15, 0.2) is 0 Å². The molecule has 0 unspecified atom stereocenters. The van der Waals surface area contributed by atoms with Gasteiger partial charge in [-0.25, -0.2) is 4.79 Å². The van der Waals surface area contributed by atoms with E-state index < -0.39 is 0 Å². The van der Waals surface area contributed by atoms with E-state index >= 15 is 0 Å². The molecule has 1 aliphatic rings. The number of allylic oxidation sites excluding steroid dienone is 3. The molecule has 3 atom stereocenters. The lowest BCUT2D eigenvalue weighted by Crippen LogP contribution is -2.10. The first-order valence-electron chi connectivity index (χ1n) is 10.8. The number of ether oxygens (including phenoxy) is 2. The lowest BCUT2D eigenvalue weighted by molar-refractivity contribution is -0.137. The van der Waals surface area contributed by atoms with E-state index in [1.165, 1.54) is 16.7 Å². The van der Waals surface area contributed by atoms with Gasteiger partial charge in [-0.05, 0) is 59.8 Å². The minimum absolute atomic E-state index is 0.0469. The number of hydrogen-bond donors (Lipinski definition) is 0. The van der Waals surface area contributed by atoms with Crippen LogP contribution in [0.4, 0.5) is 0 Å². The summed E-state index contributed by atoms with van der Waals surface area (Å²) in [6.45, 7) is 16.3. The average molecular weight is 399 g/mol. The van der Waals surface area contributed by atoms with Crippen molar-refractivity contribution in [3.8, 4) is 0 Å². The van der Waals surface area contributed by atoms with Crippen LogP contribution in [0.2, 0.25) is 0 Å². The molecule has 0 spiro atoms. The highest BCUT2D eigenvalue weighted by Gasteiger charge is 2.60. The normalized spacial score (nSPS) is 24.6. The van der Waals surface area contributed by atoms with Gasteiger partial charge in [0.1, 0.15) is 0 Å². The number of carbonyl (C=O) groups is 1. The van der Waals surface area contributed by atoms with E-state index in [1.54, 1.807) is 13.2 Å². The summed E-state index contributed by atoms with van der Waals surface area (Å²) in [6.07, 6.45) is 5.85. The average Bonchev–Trinajstić information content (AvgIpc) is 3.23. The number of carbonyl (C=O) groups excluding carboxylic acids is 1. The molecule has 3 heteroatoms. The van der Waals surface area contributed by atoms with Crippen molar-refractivity contribution in [1.82, 2.24) is 0 Å². The van der Waals surface area contributed by atoms with Gasteiger partial charge in [-0.15, -0.1) is 0 Å². The van der Waals surface area contributed by atoms with Gasteiger partial charge in [-0.1, -0.05) is 65.0 Å². The number of esters is 1. The fraction of sp³-hybridized carbons (Fsp3) is 0.577. The van der Waals surface area contributed by atoms with Crippen LogP contribution in [0.15, 0.2) is 42.0 Å². The predicted molar refractivity (Wildman–Crippen MR) is 120 cm³/mol. The molecule has 0 aliphatic heterocycles. The van der Waals surface area contributed by atoms with Crippen molar-refractivity contribution in [2.45, 2.75) is 65.7 Å². The number of benzene rings is 1. The van der Waals surface area contributed by atoms with Gasteiger partial charge in [0, 0.05) is 18.6 Å². The molecule has 0 aromatic heterocycles. The standard InChI is InChI=1S/C26H38O3/c1-9-29-25(27)12-19(6)10-11-23-24(16-28-8)26(23,7)22-14-20(17(2)3)13-21(15-22)18(4)5/h10-15,17-18,23-24H,9,16H2,1-8H3/b11-10+,19-12+/t23-,24-,26-/m1/s1. The maximum absolute atomic E-state index is 11.7. The summed E-state index contributed by atoms with van der Waals surface area (Å²) in [7, 11) is 1.77. The summed E-state index contributed by atoms with van der Waals surface area (Å²) in [5.41, 5.74) is 5.16. The number of methoxy groups -OCH3 is 1. The van der Waals surface area contributed by atoms with E-state index in [4.69, 9.17) is 9.47 Å². The zero-order valence-electron chi connectivity index (χ0n) is 19.4. The van der Waals surface area contributed by atoms with Crippen LogP contribution >= 0.6 is 0 Å². The largest absolute Gasteiger partial charge is 0.463 e. The van der Waals surface area contributed by atoms with E-state index in [0.717, 1.165) is 12.2 Å². The van der Waals surface area contributed by atoms with Crippen LogP contribution in [0.25, 0.3) is 0 Å². The van der Waals surface area contributed by atoms with Crippen molar-refractivity contribution >= 4 is 5.97 Å². The summed E-state index contributed by atoms with van der Waals surface area (Å²) >= 11 is 0. The molecular weight excluding hydrogens is 360 g/mol. The summed E-state index contributed by atoms with van der Waals surface area (Å²) < 4.78 is 10.6. The Labute approximate surface area is 177 Å². The molecule has 0 N–H and O–H groups in total. The SMILES string of the molecule is CCOC(=O)/C=C(C)/C=C/[C@@H]1[C@@H](COC)[C@]1(C)c1cc(C(C)C)cc(C(C)C)c1. The molecular formula is C26H38O3. The Bertz CT molecular complexity index is 746. The summed E-state index contributed by atoms with van der Waals surface area (Å²) in [4.78, 5) is 11.7. The lowest BCUT2D eigenvalue weighted by Gasteiger charge is -2.19. The fourth-order valence-corrected chi connectivity index (χ4v) is 4.16. The molecule has 0 heterocycles. The summed E-state index contributed by atoms with van der Waals surface area (Å²) in [5.74, 6) is 1.53. The minimum atomic E-state index is -0.284. The molecule has 1 saturated carbocycles. The quantitative estimate of drug-likeness (QED) is 0.284. The molecule has 0 saturated heterocycles. The van der Waals surface area contributed by atoms with Crippen molar-refractivity contribution in [1.29, 1.82) is 0 Å². The van der Waals surface area contributed by atoms with E-state index in [1.807, 2.05) is 19.9 Å². The fourth-order valence-electron chi connectivity index (χ4n) is 4.16. The van der Waals surface area contributed by atoms with Gasteiger partial charge >= 0.3 is 5.97 Å². The van der Waals surface area contributed by atoms with Crippen LogP contribution in [0.3, 0.4) is 0 Å². The first kappa shape index (κ1) is 23.4. The third kappa shape index (κ3) is 5.39. The monoisotopic (exact) mass is 398 g/mol. The molecule has 160 valence electrons. The Morgan fingerprint density at radius 2 is 1.72 bits per heavy atom. The van der Waals surface area contributed by atoms with Crippen LogP contribution in [0, 0.1) is 11.8 Å². The van der Waals surface area contributed by atoms with Gasteiger partial charge in [-0.2, -0.15) is 0 Å². The maximum atomic E-state index is 11.7. The third-order valence-corrected chi connectivity index (χ3v) is 6.26. The smallest absolute Gasteiger partial charge is 0.330 e. The molecule has 0 radical (unpaired) electrons. The van der Waals surface area contributed by atoms with Crippen LogP contribution in [0.1, 0.15) is 77.0 Å². The van der Waals surface area contributed by atoms with Crippen molar-refractivity contribution in [2.75, 3.05) is 20.3 Å². The van der Waals surface area contributed by atoms with Crippen molar-refractivity contribution in [2.24, 2.45) is 11.8 Å². The highest BCUT2D eigenvalue weighted by Crippen LogP contribution is 2.61. The molecule has 1 aromatic carbocycles. The molecule has 3 nitrogen and oxygen atoms in total. The topological polar surface area (TPSA) is 35.5 Å². The summed E-state index contributed by atoms with van der Waals surface area (Å²) in [6, 6.07) is 7.12. The van der Waals surface area contributed by atoms with E-state index in [0.29, 0.717) is 30.3 Å². The Hall–Kier alpha value is -1.87. The van der Waals surface area contributed by atoms with Crippen molar-refractivity contribution in [3.63, 3.8) is 0 Å². The van der Waals surface area contributed by atoms with E-state index in [2.05, 4.69) is 58.9 Å². The van der Waals surface area contributed by atoms with E-state index in [-0.39, 0.29) is 11.4 Å². The van der Waals surface area contributed by atoms with Crippen molar-refractivity contribution < 1.29 is 14.3 Å². The minimum Gasteiger partial charge on any atom is -0.463 e. The van der Waals surface area contributed by atoms with Gasteiger partial charge in [0.2, 0.25) is 0 Å². The van der Waals surface area contributed by atoms with Crippen molar-refractivity contribution in [3.05, 3.63) is 58.7 Å². The van der Waals surface area contributed by atoms with Crippen LogP contribution in [0.5, 0.6) is 0 Å². The second-order valence-electron chi connectivity index (χ2n) is 9.07. The summed E-state index contributed by atoms with van der Waals surface area (Å²) in [5, 5.41) is 0. The molecule has 1 aromatic rings.